The van der Waals surface area contributed by atoms with Gasteiger partial charge in [-0.1, -0.05) is 58.4 Å². The summed E-state index contributed by atoms with van der Waals surface area (Å²) in [4.78, 5) is 18.1. The number of anilines is 1. The summed E-state index contributed by atoms with van der Waals surface area (Å²) in [6.07, 6.45) is 6.08. The first-order valence-electron chi connectivity index (χ1n) is 11.6. The second-order valence-electron chi connectivity index (χ2n) is 8.53. The number of hydrogen-bond donors (Lipinski definition) is 0. The van der Waals surface area contributed by atoms with Gasteiger partial charge in [-0.05, 0) is 36.0 Å². The quantitative estimate of drug-likeness (QED) is 0.239. The van der Waals surface area contributed by atoms with Crippen LogP contribution in [0.4, 0.5) is 9.80 Å². The lowest BCUT2D eigenvalue weighted by Gasteiger charge is -2.23. The number of rotatable bonds is 11. The van der Waals surface area contributed by atoms with E-state index in [1.165, 1.54) is 11.3 Å². The Bertz CT molecular complexity index is 1110. The van der Waals surface area contributed by atoms with Crippen molar-refractivity contribution in [1.82, 2.24) is 9.55 Å². The molecule has 0 fully saturated rings. The van der Waals surface area contributed by atoms with Gasteiger partial charge in [-0.25, -0.2) is 9.78 Å². The molecular formula is C25H32N3O4S2-. The van der Waals surface area contributed by atoms with E-state index in [4.69, 9.17) is 4.74 Å². The first-order chi connectivity index (χ1) is 16.3. The Kier molecular flexibility index (Phi) is 9.44. The monoisotopic (exact) mass is 502 g/mol. The van der Waals surface area contributed by atoms with Crippen LogP contribution < -0.4 is 4.31 Å². The van der Waals surface area contributed by atoms with E-state index in [9.17, 15) is 13.6 Å². The molecule has 0 N–H and O–H groups in total. The van der Waals surface area contributed by atoms with Crippen molar-refractivity contribution in [2.24, 2.45) is 5.92 Å². The fourth-order valence-electron chi connectivity index (χ4n) is 3.65. The predicted octanol–water partition coefficient (Wildman–Crippen LogP) is 5.96. The van der Waals surface area contributed by atoms with Crippen LogP contribution in [-0.4, -0.2) is 31.0 Å². The summed E-state index contributed by atoms with van der Waals surface area (Å²) in [7, 11) is 0. The third kappa shape index (κ3) is 6.55. The van der Waals surface area contributed by atoms with Crippen LogP contribution in [0.15, 0.2) is 42.7 Å². The van der Waals surface area contributed by atoms with Gasteiger partial charge in [0.05, 0.1) is 17.9 Å². The fourth-order valence-corrected chi connectivity index (χ4v) is 5.64. The molecule has 7 nitrogen and oxygen atoms in total. The van der Waals surface area contributed by atoms with Crippen molar-refractivity contribution in [3.05, 3.63) is 59.0 Å². The zero-order chi connectivity index (χ0) is 24.7. The summed E-state index contributed by atoms with van der Waals surface area (Å²) in [5.74, 6) is 1.42. The maximum Gasteiger partial charge on any atom is 0.426 e. The van der Waals surface area contributed by atoms with Crippen LogP contribution in [0.3, 0.4) is 0 Å². The number of aryl methyl sites for hydroxylation is 1. The van der Waals surface area contributed by atoms with Crippen LogP contribution in [0.1, 0.15) is 56.8 Å². The molecule has 34 heavy (non-hydrogen) atoms. The number of hydrogen-bond acceptors (Lipinski definition) is 6. The van der Waals surface area contributed by atoms with Crippen LogP contribution in [0.5, 0.6) is 0 Å². The highest BCUT2D eigenvalue weighted by Gasteiger charge is 2.25. The molecule has 0 bridgehead atoms. The van der Waals surface area contributed by atoms with Crippen molar-refractivity contribution in [2.45, 2.75) is 59.9 Å². The van der Waals surface area contributed by atoms with E-state index in [2.05, 4.69) is 30.3 Å². The molecule has 1 amide bonds. The van der Waals surface area contributed by atoms with Gasteiger partial charge in [0, 0.05) is 35.8 Å². The number of amides is 1. The largest absolute Gasteiger partial charge is 0.755 e. The van der Waals surface area contributed by atoms with Crippen molar-refractivity contribution in [3.63, 3.8) is 0 Å². The molecule has 2 aromatic heterocycles. The van der Waals surface area contributed by atoms with Crippen LogP contribution in [0.2, 0.25) is 0 Å². The fraction of sp³-hybridized carbons (Fsp3) is 0.440. The highest BCUT2D eigenvalue weighted by Crippen LogP contribution is 2.41. The minimum absolute atomic E-state index is 0.186. The van der Waals surface area contributed by atoms with Gasteiger partial charge in [-0.3, -0.25) is 4.21 Å². The van der Waals surface area contributed by atoms with Gasteiger partial charge in [0.1, 0.15) is 10.8 Å². The Labute approximate surface area is 208 Å². The normalized spacial score (nSPS) is 12.2. The zero-order valence-corrected chi connectivity index (χ0v) is 21.8. The number of imidazole rings is 1. The van der Waals surface area contributed by atoms with Crippen LogP contribution >= 0.6 is 11.3 Å². The second kappa shape index (κ2) is 12.3. The number of ether oxygens (including phenoxy) is 1. The van der Waals surface area contributed by atoms with Crippen LogP contribution in [-0.2, 0) is 35.4 Å². The Balaban J connectivity index is 1.93. The second-order valence-corrected chi connectivity index (χ2v) is 10.4. The van der Waals surface area contributed by atoms with Gasteiger partial charge in [0.15, 0.2) is 0 Å². The summed E-state index contributed by atoms with van der Waals surface area (Å²) in [5, 5.41) is 0.362. The molecule has 1 aromatic carbocycles. The number of nitrogens with zero attached hydrogens (tertiary/aromatic N) is 3. The molecule has 0 aliphatic heterocycles. The van der Waals surface area contributed by atoms with Crippen molar-refractivity contribution in [2.75, 3.05) is 10.9 Å². The highest BCUT2D eigenvalue weighted by atomic mass is 32.2. The van der Waals surface area contributed by atoms with Gasteiger partial charge in [0.25, 0.3) is 0 Å². The van der Waals surface area contributed by atoms with Crippen molar-refractivity contribution in [3.8, 4) is 11.1 Å². The Hall–Kier alpha value is -2.49. The summed E-state index contributed by atoms with van der Waals surface area (Å²) < 4.78 is 32.3. The Morgan fingerprint density at radius 3 is 2.62 bits per heavy atom. The van der Waals surface area contributed by atoms with Gasteiger partial charge in [-0.15, -0.1) is 11.3 Å². The molecule has 9 heteroatoms. The lowest BCUT2D eigenvalue weighted by molar-refractivity contribution is 0.156. The molecule has 0 saturated heterocycles. The maximum absolute atomic E-state index is 12.7. The minimum atomic E-state index is -2.79. The average molecular weight is 503 g/mol. The van der Waals surface area contributed by atoms with E-state index in [1.807, 2.05) is 43.5 Å². The predicted molar refractivity (Wildman–Crippen MR) is 137 cm³/mol. The summed E-state index contributed by atoms with van der Waals surface area (Å²) in [6.45, 7) is 9.17. The number of carbonyl (C=O) groups excluding carboxylic acids is 1. The first kappa shape index (κ1) is 26.1. The number of benzene rings is 1. The van der Waals surface area contributed by atoms with Gasteiger partial charge in [-0.2, -0.15) is 4.31 Å². The number of carbonyl (C=O) groups is 1. The lowest BCUT2D eigenvalue weighted by Crippen LogP contribution is -2.33. The molecule has 3 rings (SSSR count). The highest BCUT2D eigenvalue weighted by molar-refractivity contribution is 7.81. The van der Waals surface area contributed by atoms with E-state index in [0.29, 0.717) is 29.4 Å². The Morgan fingerprint density at radius 1 is 1.26 bits per heavy atom. The molecule has 0 spiro atoms. The third-order valence-electron chi connectivity index (χ3n) is 5.33. The summed E-state index contributed by atoms with van der Waals surface area (Å²) in [5.41, 5.74) is 2.67. The van der Waals surface area contributed by atoms with Crippen LogP contribution in [0, 0.1) is 5.92 Å². The minimum Gasteiger partial charge on any atom is -0.755 e. The molecular weight excluding hydrogens is 470 g/mol. The SMILES string of the molecule is CCCCOC(=O)N(c1sc(CC(C)C)cc1-c1ccc(Cn2ccnc2CC)cc1)S(=O)[O-]. The molecule has 1 unspecified atom stereocenters. The number of aromatic nitrogens is 2. The third-order valence-corrected chi connectivity index (χ3v) is 7.22. The van der Waals surface area contributed by atoms with Gasteiger partial charge >= 0.3 is 6.09 Å². The molecule has 0 saturated carbocycles. The van der Waals surface area contributed by atoms with E-state index >= 15 is 0 Å². The van der Waals surface area contributed by atoms with E-state index < -0.39 is 17.4 Å². The lowest BCUT2D eigenvalue weighted by atomic mass is 10.0. The van der Waals surface area contributed by atoms with Crippen molar-refractivity contribution >= 4 is 33.7 Å². The standard InChI is InChI=1S/C25H33N3O4S2/c1-5-7-14-32-25(29)28(34(30)31)24-22(16-21(33-24)15-18(3)4)20-10-8-19(9-11-20)17-27-13-12-26-23(27)6-2/h8-13,16,18H,5-7,14-15,17H2,1-4H3,(H,30,31)/p-1. The topological polar surface area (TPSA) is 87.5 Å². The van der Waals surface area contributed by atoms with Crippen LogP contribution in [0.25, 0.3) is 11.1 Å². The molecule has 1 atom stereocenters. The number of unbranched alkanes of at least 4 members (excludes halogenated alkanes) is 1. The molecule has 2 heterocycles. The van der Waals surface area contributed by atoms with Crippen molar-refractivity contribution in [1.29, 1.82) is 0 Å². The molecule has 0 radical (unpaired) electrons. The zero-order valence-electron chi connectivity index (χ0n) is 20.2. The van der Waals surface area contributed by atoms with E-state index in [-0.39, 0.29) is 6.61 Å². The number of thiophene rings is 1. The first-order valence-corrected chi connectivity index (χ1v) is 13.5. The smallest absolute Gasteiger partial charge is 0.426 e. The molecule has 184 valence electrons. The Morgan fingerprint density at radius 2 is 2.00 bits per heavy atom. The molecule has 0 aliphatic rings. The average Bonchev–Trinajstić information content (AvgIpc) is 3.40. The van der Waals surface area contributed by atoms with Gasteiger partial charge in [0.2, 0.25) is 0 Å². The van der Waals surface area contributed by atoms with Gasteiger partial charge < -0.3 is 13.9 Å². The summed E-state index contributed by atoms with van der Waals surface area (Å²) in [6, 6.07) is 9.97. The molecule has 3 aromatic rings. The molecule has 0 aliphatic carbocycles. The van der Waals surface area contributed by atoms with Crippen molar-refractivity contribution < 1.29 is 18.3 Å². The summed E-state index contributed by atoms with van der Waals surface area (Å²) >= 11 is -1.48. The maximum atomic E-state index is 12.7. The van der Waals surface area contributed by atoms with E-state index in [1.54, 1.807) is 6.20 Å². The van der Waals surface area contributed by atoms with E-state index in [0.717, 1.165) is 45.4 Å².